The summed E-state index contributed by atoms with van der Waals surface area (Å²) in [6.45, 7) is 2.98. The fraction of sp³-hybridized carbons (Fsp3) is 0.294. The molecule has 1 heterocycles. The Morgan fingerprint density at radius 2 is 1.89 bits per heavy atom. The number of fused-ring (bicyclic) bond motifs is 1. The van der Waals surface area contributed by atoms with Gasteiger partial charge in [0.1, 0.15) is 5.75 Å². The molecule has 0 amide bonds. The van der Waals surface area contributed by atoms with Gasteiger partial charge in [0, 0.05) is 11.5 Å². The molecule has 18 heavy (non-hydrogen) atoms. The Labute approximate surface area is 108 Å². The Bertz CT molecular complexity index is 531. The SMILES string of the molecule is Cc1ccc2c(c1)C(c1ccccc1)CCCO2. The zero-order valence-electron chi connectivity index (χ0n) is 10.7. The van der Waals surface area contributed by atoms with Crippen LogP contribution in [0.5, 0.6) is 5.75 Å². The van der Waals surface area contributed by atoms with Gasteiger partial charge in [-0.15, -0.1) is 0 Å². The van der Waals surface area contributed by atoms with Crippen LogP contribution < -0.4 is 4.74 Å². The van der Waals surface area contributed by atoms with Gasteiger partial charge in [-0.05, 0) is 31.4 Å². The van der Waals surface area contributed by atoms with E-state index >= 15 is 0 Å². The second-order valence-corrected chi connectivity index (χ2v) is 5.00. The summed E-state index contributed by atoms with van der Waals surface area (Å²) in [5, 5.41) is 0. The summed E-state index contributed by atoms with van der Waals surface area (Å²) in [6.07, 6.45) is 2.29. The molecule has 0 radical (unpaired) electrons. The summed E-state index contributed by atoms with van der Waals surface area (Å²) in [5.74, 6) is 1.54. The van der Waals surface area contributed by atoms with Crippen LogP contribution in [0.4, 0.5) is 0 Å². The van der Waals surface area contributed by atoms with E-state index in [0.29, 0.717) is 5.92 Å². The van der Waals surface area contributed by atoms with E-state index in [1.165, 1.54) is 23.1 Å². The maximum Gasteiger partial charge on any atom is 0.123 e. The smallest absolute Gasteiger partial charge is 0.123 e. The number of rotatable bonds is 1. The largest absolute Gasteiger partial charge is 0.493 e. The Kier molecular flexibility index (Phi) is 3.06. The van der Waals surface area contributed by atoms with Gasteiger partial charge >= 0.3 is 0 Å². The molecule has 2 aromatic carbocycles. The zero-order chi connectivity index (χ0) is 12.4. The first kappa shape index (κ1) is 11.3. The van der Waals surface area contributed by atoms with Crippen molar-refractivity contribution in [3.63, 3.8) is 0 Å². The van der Waals surface area contributed by atoms with Gasteiger partial charge in [-0.2, -0.15) is 0 Å². The highest BCUT2D eigenvalue weighted by Gasteiger charge is 2.21. The standard InChI is InChI=1S/C17H18O/c1-13-9-10-17-16(12-13)15(8-5-11-18-17)14-6-3-2-4-7-14/h2-4,6-7,9-10,12,15H,5,8,11H2,1H3. The summed E-state index contributed by atoms with van der Waals surface area (Å²) >= 11 is 0. The fourth-order valence-electron chi connectivity index (χ4n) is 2.73. The summed E-state index contributed by atoms with van der Waals surface area (Å²) < 4.78 is 5.86. The molecule has 0 aliphatic carbocycles. The Morgan fingerprint density at radius 1 is 1.06 bits per heavy atom. The molecule has 0 spiro atoms. The van der Waals surface area contributed by atoms with Crippen LogP contribution in [0.1, 0.15) is 35.4 Å². The minimum Gasteiger partial charge on any atom is -0.493 e. The first-order valence-corrected chi connectivity index (χ1v) is 6.63. The summed E-state index contributed by atoms with van der Waals surface area (Å²) in [6, 6.07) is 17.3. The zero-order valence-corrected chi connectivity index (χ0v) is 10.7. The monoisotopic (exact) mass is 238 g/mol. The van der Waals surface area contributed by atoms with E-state index < -0.39 is 0 Å². The van der Waals surface area contributed by atoms with Gasteiger partial charge < -0.3 is 4.74 Å². The Hall–Kier alpha value is -1.76. The first-order valence-electron chi connectivity index (χ1n) is 6.63. The third-order valence-corrected chi connectivity index (χ3v) is 3.64. The maximum absolute atomic E-state index is 5.86. The van der Waals surface area contributed by atoms with Gasteiger partial charge in [0.05, 0.1) is 6.61 Å². The molecule has 1 atom stereocenters. The van der Waals surface area contributed by atoms with Gasteiger partial charge in [-0.1, -0.05) is 48.0 Å². The quantitative estimate of drug-likeness (QED) is 0.719. The lowest BCUT2D eigenvalue weighted by atomic mass is 9.87. The predicted molar refractivity (Wildman–Crippen MR) is 74.2 cm³/mol. The Morgan fingerprint density at radius 3 is 2.72 bits per heavy atom. The highest BCUT2D eigenvalue weighted by molar-refractivity contribution is 5.44. The van der Waals surface area contributed by atoms with E-state index in [9.17, 15) is 0 Å². The molecule has 1 heteroatoms. The lowest BCUT2D eigenvalue weighted by molar-refractivity contribution is 0.316. The highest BCUT2D eigenvalue weighted by atomic mass is 16.5. The van der Waals surface area contributed by atoms with Crippen molar-refractivity contribution in [3.8, 4) is 5.75 Å². The molecule has 0 saturated heterocycles. The normalized spacial score (nSPS) is 18.6. The van der Waals surface area contributed by atoms with Gasteiger partial charge in [0.2, 0.25) is 0 Å². The van der Waals surface area contributed by atoms with Crippen molar-refractivity contribution >= 4 is 0 Å². The molecular weight excluding hydrogens is 220 g/mol. The van der Waals surface area contributed by atoms with E-state index in [-0.39, 0.29) is 0 Å². The van der Waals surface area contributed by atoms with Crippen LogP contribution in [-0.4, -0.2) is 6.61 Å². The topological polar surface area (TPSA) is 9.23 Å². The lowest BCUT2D eigenvalue weighted by Gasteiger charge is -2.17. The molecule has 0 N–H and O–H groups in total. The van der Waals surface area contributed by atoms with Crippen molar-refractivity contribution in [1.29, 1.82) is 0 Å². The number of hydrogen-bond acceptors (Lipinski definition) is 1. The molecule has 3 rings (SSSR count). The molecule has 2 aromatic rings. The lowest BCUT2D eigenvalue weighted by Crippen LogP contribution is -2.00. The maximum atomic E-state index is 5.86. The van der Waals surface area contributed by atoms with Crippen LogP contribution in [-0.2, 0) is 0 Å². The van der Waals surface area contributed by atoms with Gasteiger partial charge in [0.25, 0.3) is 0 Å². The molecule has 0 bridgehead atoms. The summed E-state index contributed by atoms with van der Waals surface area (Å²) in [7, 11) is 0. The van der Waals surface area contributed by atoms with Gasteiger partial charge in [0.15, 0.2) is 0 Å². The number of ether oxygens (including phenoxy) is 1. The second-order valence-electron chi connectivity index (χ2n) is 5.00. The van der Waals surface area contributed by atoms with E-state index in [4.69, 9.17) is 4.74 Å². The summed E-state index contributed by atoms with van der Waals surface area (Å²) in [5.41, 5.74) is 4.05. The summed E-state index contributed by atoms with van der Waals surface area (Å²) in [4.78, 5) is 0. The molecule has 0 saturated carbocycles. The average Bonchev–Trinajstić information content (AvgIpc) is 2.61. The van der Waals surface area contributed by atoms with E-state index in [1.54, 1.807) is 0 Å². The van der Waals surface area contributed by atoms with Crippen molar-refractivity contribution in [1.82, 2.24) is 0 Å². The van der Waals surface area contributed by atoms with Crippen LogP contribution >= 0.6 is 0 Å². The minimum atomic E-state index is 0.476. The minimum absolute atomic E-state index is 0.476. The van der Waals surface area contributed by atoms with Crippen molar-refractivity contribution in [2.24, 2.45) is 0 Å². The predicted octanol–water partition coefficient (Wildman–Crippen LogP) is 4.30. The van der Waals surface area contributed by atoms with E-state index in [2.05, 4.69) is 55.5 Å². The molecule has 0 aromatic heterocycles. The van der Waals surface area contributed by atoms with Gasteiger partial charge in [-0.25, -0.2) is 0 Å². The first-order chi connectivity index (χ1) is 8.84. The van der Waals surface area contributed by atoms with Crippen LogP contribution in [0.25, 0.3) is 0 Å². The highest BCUT2D eigenvalue weighted by Crippen LogP contribution is 2.37. The number of hydrogen-bond donors (Lipinski definition) is 0. The number of benzene rings is 2. The van der Waals surface area contributed by atoms with Crippen molar-refractivity contribution in [3.05, 3.63) is 65.2 Å². The number of aryl methyl sites for hydroxylation is 1. The fourth-order valence-corrected chi connectivity index (χ4v) is 2.73. The molecular formula is C17H18O. The van der Waals surface area contributed by atoms with Crippen LogP contribution in [0.15, 0.2) is 48.5 Å². The molecule has 0 fully saturated rings. The van der Waals surface area contributed by atoms with Crippen LogP contribution in [0.3, 0.4) is 0 Å². The van der Waals surface area contributed by atoms with Crippen molar-refractivity contribution in [2.75, 3.05) is 6.61 Å². The van der Waals surface area contributed by atoms with Crippen LogP contribution in [0, 0.1) is 6.92 Å². The molecule has 1 nitrogen and oxygen atoms in total. The third-order valence-electron chi connectivity index (χ3n) is 3.64. The van der Waals surface area contributed by atoms with E-state index in [0.717, 1.165) is 18.8 Å². The van der Waals surface area contributed by atoms with Crippen molar-refractivity contribution < 1.29 is 4.74 Å². The molecule has 1 unspecified atom stereocenters. The second kappa shape index (κ2) is 4.85. The van der Waals surface area contributed by atoms with Crippen molar-refractivity contribution in [2.45, 2.75) is 25.7 Å². The van der Waals surface area contributed by atoms with Gasteiger partial charge in [-0.3, -0.25) is 0 Å². The van der Waals surface area contributed by atoms with E-state index in [1.807, 2.05) is 0 Å². The van der Waals surface area contributed by atoms with Crippen LogP contribution in [0.2, 0.25) is 0 Å². The Balaban J connectivity index is 2.08. The molecule has 92 valence electrons. The average molecular weight is 238 g/mol. The third kappa shape index (κ3) is 2.13. The molecule has 1 aliphatic heterocycles. The molecule has 1 aliphatic rings.